The fraction of sp³-hybridized carbons (Fsp3) is 0.348. The number of carbonyl (C=O) groups is 3. The summed E-state index contributed by atoms with van der Waals surface area (Å²) in [6, 6.07) is 6.55. The Labute approximate surface area is 185 Å². The van der Waals surface area contributed by atoms with Crippen LogP contribution in [0, 0.1) is 0 Å². The molecule has 0 radical (unpaired) electrons. The van der Waals surface area contributed by atoms with Crippen LogP contribution in [0.5, 0.6) is 34.5 Å². The molecular formula is C23H24O9. The molecule has 0 N–H and O–H groups in total. The molecule has 0 aliphatic carbocycles. The van der Waals surface area contributed by atoms with Crippen molar-refractivity contribution in [1.82, 2.24) is 0 Å². The van der Waals surface area contributed by atoms with Crippen LogP contribution in [0.4, 0.5) is 0 Å². The monoisotopic (exact) mass is 444 g/mol. The number of benzene rings is 2. The number of Topliss-reactive ketones (excluding diaryl/α,β-unsaturated/α-hetero) is 1. The minimum absolute atomic E-state index is 0.0361. The average Bonchev–Trinajstić information content (AvgIpc) is 3.18. The first kappa shape index (κ1) is 22.9. The van der Waals surface area contributed by atoms with Gasteiger partial charge < -0.3 is 28.4 Å². The smallest absolute Gasteiger partial charge is 0.308 e. The van der Waals surface area contributed by atoms with Gasteiger partial charge in [0.25, 0.3) is 0 Å². The largest absolute Gasteiger partial charge is 0.493 e. The number of hydrogen-bond acceptors (Lipinski definition) is 9. The molecule has 9 nitrogen and oxygen atoms in total. The van der Waals surface area contributed by atoms with Gasteiger partial charge in [0.2, 0.25) is 12.5 Å². The Morgan fingerprint density at radius 2 is 1.41 bits per heavy atom. The molecule has 0 saturated heterocycles. The summed E-state index contributed by atoms with van der Waals surface area (Å²) in [4.78, 5) is 35.5. The highest BCUT2D eigenvalue weighted by molar-refractivity contribution is 5.78. The van der Waals surface area contributed by atoms with Crippen molar-refractivity contribution in [2.75, 3.05) is 21.0 Å². The highest BCUT2D eigenvalue weighted by Gasteiger charge is 2.28. The quantitative estimate of drug-likeness (QED) is 0.447. The van der Waals surface area contributed by atoms with Crippen molar-refractivity contribution in [3.05, 3.63) is 35.4 Å². The zero-order valence-corrected chi connectivity index (χ0v) is 18.5. The summed E-state index contributed by atoms with van der Waals surface area (Å²) in [7, 11) is 2.85. The normalized spacial score (nSPS) is 12.7. The van der Waals surface area contributed by atoms with Gasteiger partial charge in [-0.1, -0.05) is 0 Å². The maximum absolute atomic E-state index is 12.2. The molecule has 9 heteroatoms. The van der Waals surface area contributed by atoms with Crippen molar-refractivity contribution in [3.63, 3.8) is 0 Å². The first-order valence-electron chi connectivity index (χ1n) is 9.79. The lowest BCUT2D eigenvalue weighted by Gasteiger charge is -2.22. The Morgan fingerprint density at radius 3 is 1.91 bits per heavy atom. The van der Waals surface area contributed by atoms with Crippen LogP contribution in [-0.4, -0.2) is 38.7 Å². The van der Waals surface area contributed by atoms with Gasteiger partial charge in [-0.25, -0.2) is 0 Å². The molecule has 0 aromatic heterocycles. The maximum atomic E-state index is 12.2. The van der Waals surface area contributed by atoms with E-state index in [9.17, 15) is 14.4 Å². The number of carbonyl (C=O) groups excluding carboxylic acids is 3. The fourth-order valence-corrected chi connectivity index (χ4v) is 3.50. The zero-order valence-electron chi connectivity index (χ0n) is 18.5. The highest BCUT2D eigenvalue weighted by atomic mass is 16.7. The minimum Gasteiger partial charge on any atom is -0.493 e. The van der Waals surface area contributed by atoms with Crippen LogP contribution in [0.15, 0.2) is 24.3 Å². The molecule has 0 amide bonds. The molecule has 1 atom stereocenters. The molecule has 32 heavy (non-hydrogen) atoms. The predicted octanol–water partition coefficient (Wildman–Crippen LogP) is 3.39. The molecule has 1 aliphatic heterocycles. The molecule has 3 rings (SSSR count). The number of ether oxygens (including phenoxy) is 6. The number of esters is 2. The molecule has 0 saturated carbocycles. The lowest BCUT2D eigenvalue weighted by atomic mass is 9.86. The lowest BCUT2D eigenvalue weighted by Crippen LogP contribution is -2.12. The van der Waals surface area contributed by atoms with E-state index in [0.29, 0.717) is 22.6 Å². The number of fused-ring (bicyclic) bond motifs is 1. The van der Waals surface area contributed by atoms with Gasteiger partial charge in [0.15, 0.2) is 23.0 Å². The van der Waals surface area contributed by atoms with Gasteiger partial charge in [0, 0.05) is 37.8 Å². The van der Waals surface area contributed by atoms with Gasteiger partial charge in [0.05, 0.1) is 14.2 Å². The van der Waals surface area contributed by atoms with Crippen molar-refractivity contribution in [2.45, 2.75) is 33.1 Å². The predicted molar refractivity (Wildman–Crippen MR) is 112 cm³/mol. The summed E-state index contributed by atoms with van der Waals surface area (Å²) in [5.74, 6) is 0.0694. The summed E-state index contributed by atoms with van der Waals surface area (Å²) >= 11 is 0. The van der Waals surface area contributed by atoms with E-state index in [1.165, 1.54) is 35.0 Å². The standard InChI is InChI=1S/C23H24O9/c1-12(24)6-16(15-7-21(27-4)23(32-14(3)26)22(8-15)28-5)17-9-19-20(30-11-29-19)10-18(17)31-13(2)25/h7-10,16H,6,11H2,1-5H3. The summed E-state index contributed by atoms with van der Waals surface area (Å²) in [5, 5.41) is 0. The van der Waals surface area contributed by atoms with Gasteiger partial charge in [-0.05, 0) is 30.7 Å². The summed E-state index contributed by atoms with van der Waals surface area (Å²) in [6.07, 6.45) is 0.0904. The Bertz CT molecular complexity index is 1030. The minimum atomic E-state index is -0.550. The van der Waals surface area contributed by atoms with Crippen molar-refractivity contribution in [2.24, 2.45) is 0 Å². The third kappa shape index (κ3) is 4.93. The second-order valence-electron chi connectivity index (χ2n) is 7.14. The van der Waals surface area contributed by atoms with Gasteiger partial charge in [0.1, 0.15) is 11.5 Å². The Balaban J connectivity index is 2.21. The van der Waals surface area contributed by atoms with Crippen LogP contribution in [0.1, 0.15) is 44.2 Å². The van der Waals surface area contributed by atoms with Crippen LogP contribution >= 0.6 is 0 Å². The van der Waals surface area contributed by atoms with E-state index >= 15 is 0 Å². The number of rotatable bonds is 8. The molecule has 2 aromatic carbocycles. The number of hydrogen-bond donors (Lipinski definition) is 0. The molecule has 1 heterocycles. The zero-order chi connectivity index (χ0) is 23.4. The molecule has 1 unspecified atom stereocenters. The average molecular weight is 444 g/mol. The SMILES string of the molecule is COc1cc(C(CC(C)=O)c2cc3c(cc2OC(C)=O)OCO3)cc(OC)c1OC(C)=O. The molecular weight excluding hydrogens is 420 g/mol. The second kappa shape index (κ2) is 9.59. The Kier molecular flexibility index (Phi) is 6.87. The number of ketones is 1. The highest BCUT2D eigenvalue weighted by Crippen LogP contribution is 2.47. The number of methoxy groups -OCH3 is 2. The van der Waals surface area contributed by atoms with Crippen LogP contribution in [0.25, 0.3) is 0 Å². The van der Waals surface area contributed by atoms with E-state index in [1.807, 2.05) is 0 Å². The van der Waals surface area contributed by atoms with E-state index < -0.39 is 17.9 Å². The van der Waals surface area contributed by atoms with Crippen LogP contribution in [0.3, 0.4) is 0 Å². The van der Waals surface area contributed by atoms with E-state index in [-0.39, 0.29) is 42.0 Å². The molecule has 0 bridgehead atoms. The van der Waals surface area contributed by atoms with Crippen molar-refractivity contribution in [1.29, 1.82) is 0 Å². The summed E-state index contributed by atoms with van der Waals surface area (Å²) in [6.45, 7) is 4.05. The van der Waals surface area contributed by atoms with Crippen LogP contribution in [0.2, 0.25) is 0 Å². The molecule has 1 aliphatic rings. The Morgan fingerprint density at radius 1 is 0.844 bits per heavy atom. The van der Waals surface area contributed by atoms with Gasteiger partial charge in [-0.2, -0.15) is 0 Å². The summed E-state index contributed by atoms with van der Waals surface area (Å²) < 4.78 is 32.4. The topological polar surface area (TPSA) is 107 Å². The van der Waals surface area contributed by atoms with E-state index in [4.69, 9.17) is 28.4 Å². The van der Waals surface area contributed by atoms with E-state index in [0.717, 1.165) is 0 Å². The van der Waals surface area contributed by atoms with E-state index in [2.05, 4.69) is 0 Å². The van der Waals surface area contributed by atoms with Crippen molar-refractivity contribution in [3.8, 4) is 34.5 Å². The molecule has 2 aromatic rings. The van der Waals surface area contributed by atoms with Gasteiger partial charge >= 0.3 is 11.9 Å². The van der Waals surface area contributed by atoms with Gasteiger partial charge in [-0.15, -0.1) is 0 Å². The first-order valence-corrected chi connectivity index (χ1v) is 9.79. The van der Waals surface area contributed by atoms with Crippen LogP contribution < -0.4 is 28.4 Å². The van der Waals surface area contributed by atoms with E-state index in [1.54, 1.807) is 24.3 Å². The molecule has 0 spiro atoms. The van der Waals surface area contributed by atoms with Crippen molar-refractivity contribution < 1.29 is 42.8 Å². The second-order valence-corrected chi connectivity index (χ2v) is 7.14. The Hall–Kier alpha value is -3.75. The van der Waals surface area contributed by atoms with Gasteiger partial charge in [-0.3, -0.25) is 14.4 Å². The summed E-state index contributed by atoms with van der Waals surface area (Å²) in [5.41, 5.74) is 1.17. The third-order valence-electron chi connectivity index (χ3n) is 4.76. The van der Waals surface area contributed by atoms with Crippen molar-refractivity contribution >= 4 is 17.7 Å². The lowest BCUT2D eigenvalue weighted by molar-refractivity contribution is -0.133. The van der Waals surface area contributed by atoms with Crippen LogP contribution in [-0.2, 0) is 14.4 Å². The molecule has 170 valence electrons. The third-order valence-corrected chi connectivity index (χ3v) is 4.76. The fourth-order valence-electron chi connectivity index (χ4n) is 3.50. The molecule has 0 fully saturated rings. The maximum Gasteiger partial charge on any atom is 0.308 e. The first-order chi connectivity index (χ1) is 15.2.